The summed E-state index contributed by atoms with van der Waals surface area (Å²) in [7, 11) is 1.73. The Morgan fingerprint density at radius 1 is 1.40 bits per heavy atom. The van der Waals surface area contributed by atoms with Gasteiger partial charge in [0.15, 0.2) is 0 Å². The smallest absolute Gasteiger partial charge is 0.241 e. The van der Waals surface area contributed by atoms with E-state index in [-0.39, 0.29) is 37.3 Å². The molecule has 0 aliphatic rings. The van der Waals surface area contributed by atoms with Crippen LogP contribution in [0.5, 0.6) is 0 Å². The molecule has 0 aromatic rings. The van der Waals surface area contributed by atoms with Crippen molar-refractivity contribution in [3.8, 4) is 0 Å². The van der Waals surface area contributed by atoms with E-state index in [0.29, 0.717) is 0 Å². The lowest BCUT2D eigenvalue weighted by molar-refractivity contribution is -0.131. The number of carbonyl (C=O) groups excluding carboxylic acids is 2. The molecule has 3 N–H and O–H groups in total. The van der Waals surface area contributed by atoms with Crippen molar-refractivity contribution in [2.24, 2.45) is 5.73 Å². The monoisotopic (exact) mass is 237 g/mol. The van der Waals surface area contributed by atoms with E-state index in [1.807, 2.05) is 0 Å². The standard InChI is InChI=1S/C9H19N3O2.ClH/c1-3-4-5-12(2)9(14)7-11-8(13)6-10;/h3-7,10H2,1-2H3,(H,11,13);1H. The average Bonchev–Trinajstić information content (AvgIpc) is 2.21. The second-order valence-corrected chi connectivity index (χ2v) is 3.15. The van der Waals surface area contributed by atoms with Crippen molar-refractivity contribution < 1.29 is 9.59 Å². The van der Waals surface area contributed by atoms with E-state index in [1.165, 1.54) is 0 Å². The van der Waals surface area contributed by atoms with Crippen molar-refractivity contribution in [2.45, 2.75) is 19.8 Å². The van der Waals surface area contributed by atoms with Crippen LogP contribution in [-0.4, -0.2) is 43.4 Å². The van der Waals surface area contributed by atoms with Gasteiger partial charge in [0.2, 0.25) is 11.8 Å². The number of nitrogens with zero attached hydrogens (tertiary/aromatic N) is 1. The molecule has 0 atom stereocenters. The minimum absolute atomic E-state index is 0. The number of hydrogen-bond acceptors (Lipinski definition) is 3. The predicted molar refractivity (Wildman–Crippen MR) is 61.9 cm³/mol. The van der Waals surface area contributed by atoms with E-state index in [4.69, 9.17) is 5.73 Å². The van der Waals surface area contributed by atoms with Gasteiger partial charge in [-0.15, -0.1) is 12.4 Å². The zero-order valence-corrected chi connectivity index (χ0v) is 10.1. The molecule has 0 radical (unpaired) electrons. The molecule has 0 aliphatic heterocycles. The van der Waals surface area contributed by atoms with Gasteiger partial charge in [-0.2, -0.15) is 0 Å². The van der Waals surface area contributed by atoms with Crippen LogP contribution in [0, 0.1) is 0 Å². The number of amides is 2. The largest absolute Gasteiger partial charge is 0.346 e. The molecule has 15 heavy (non-hydrogen) atoms. The topological polar surface area (TPSA) is 75.4 Å². The summed E-state index contributed by atoms with van der Waals surface area (Å²) in [5.74, 6) is -0.387. The highest BCUT2D eigenvalue weighted by Crippen LogP contribution is 1.91. The highest BCUT2D eigenvalue weighted by atomic mass is 35.5. The van der Waals surface area contributed by atoms with Crippen molar-refractivity contribution in [1.82, 2.24) is 10.2 Å². The molecule has 0 heterocycles. The van der Waals surface area contributed by atoms with Crippen LogP contribution < -0.4 is 11.1 Å². The maximum absolute atomic E-state index is 11.3. The van der Waals surface area contributed by atoms with Gasteiger partial charge >= 0.3 is 0 Å². The van der Waals surface area contributed by atoms with Crippen LogP contribution in [0.15, 0.2) is 0 Å². The molecule has 0 aliphatic carbocycles. The lowest BCUT2D eigenvalue weighted by Gasteiger charge is -2.16. The Hall–Kier alpha value is -0.810. The molecular weight excluding hydrogens is 218 g/mol. The number of nitrogens with two attached hydrogens (primary N) is 1. The van der Waals surface area contributed by atoms with Crippen LogP contribution in [0.1, 0.15) is 19.8 Å². The molecule has 0 fully saturated rings. The third-order valence-corrected chi connectivity index (χ3v) is 1.90. The van der Waals surface area contributed by atoms with Crippen molar-refractivity contribution in [3.05, 3.63) is 0 Å². The van der Waals surface area contributed by atoms with E-state index in [9.17, 15) is 9.59 Å². The summed E-state index contributed by atoms with van der Waals surface area (Å²) >= 11 is 0. The molecule has 2 amide bonds. The van der Waals surface area contributed by atoms with Gasteiger partial charge in [-0.3, -0.25) is 9.59 Å². The molecule has 90 valence electrons. The summed E-state index contributed by atoms with van der Waals surface area (Å²) in [5.41, 5.74) is 5.08. The predicted octanol–water partition coefficient (Wildman–Crippen LogP) is -0.258. The molecule has 0 aromatic heterocycles. The quantitative estimate of drug-likeness (QED) is 0.669. The van der Waals surface area contributed by atoms with Crippen LogP contribution in [0.3, 0.4) is 0 Å². The Bertz CT molecular complexity index is 200. The van der Waals surface area contributed by atoms with E-state index in [2.05, 4.69) is 12.2 Å². The molecule has 6 heteroatoms. The summed E-state index contributed by atoms with van der Waals surface area (Å²) in [4.78, 5) is 23.7. The highest BCUT2D eigenvalue weighted by Gasteiger charge is 2.08. The van der Waals surface area contributed by atoms with Crippen molar-refractivity contribution in [1.29, 1.82) is 0 Å². The van der Waals surface area contributed by atoms with E-state index in [0.717, 1.165) is 19.4 Å². The zero-order valence-electron chi connectivity index (χ0n) is 9.28. The molecule has 0 rings (SSSR count). The fourth-order valence-corrected chi connectivity index (χ4v) is 0.901. The molecular formula is C9H20ClN3O2. The number of hydrogen-bond donors (Lipinski definition) is 2. The van der Waals surface area contributed by atoms with Crippen LogP contribution >= 0.6 is 12.4 Å². The Morgan fingerprint density at radius 2 is 2.00 bits per heavy atom. The van der Waals surface area contributed by atoms with Gasteiger partial charge in [-0.05, 0) is 6.42 Å². The first-order chi connectivity index (χ1) is 6.61. The number of halogens is 1. The SMILES string of the molecule is CCCCN(C)C(=O)CNC(=O)CN.Cl. The first kappa shape index (κ1) is 16.6. The zero-order chi connectivity index (χ0) is 11.0. The Labute approximate surface area is 96.8 Å². The molecule has 5 nitrogen and oxygen atoms in total. The number of unbranched alkanes of at least 4 members (excludes halogenated alkanes) is 1. The van der Waals surface area contributed by atoms with E-state index >= 15 is 0 Å². The van der Waals surface area contributed by atoms with Crippen LogP contribution in [0.4, 0.5) is 0 Å². The molecule has 0 saturated heterocycles. The number of likely N-dealkylation sites (N-methyl/N-ethyl adjacent to an activating group) is 1. The maximum atomic E-state index is 11.3. The van der Waals surface area contributed by atoms with E-state index in [1.54, 1.807) is 11.9 Å². The van der Waals surface area contributed by atoms with Gasteiger partial charge in [0, 0.05) is 13.6 Å². The number of rotatable bonds is 6. The first-order valence-electron chi connectivity index (χ1n) is 4.82. The lowest BCUT2D eigenvalue weighted by Crippen LogP contribution is -2.40. The van der Waals surface area contributed by atoms with Crippen LogP contribution in [-0.2, 0) is 9.59 Å². The third kappa shape index (κ3) is 8.20. The van der Waals surface area contributed by atoms with Gasteiger partial charge in [-0.1, -0.05) is 13.3 Å². The molecule has 0 aromatic carbocycles. The maximum Gasteiger partial charge on any atom is 0.241 e. The third-order valence-electron chi connectivity index (χ3n) is 1.90. The summed E-state index contributed by atoms with van der Waals surface area (Å²) in [6, 6.07) is 0. The fourth-order valence-electron chi connectivity index (χ4n) is 0.901. The lowest BCUT2D eigenvalue weighted by atomic mass is 10.3. The van der Waals surface area contributed by atoms with Gasteiger partial charge < -0.3 is 16.0 Å². The normalized spacial score (nSPS) is 9.00. The fraction of sp³-hybridized carbons (Fsp3) is 0.778. The number of nitrogens with one attached hydrogen (secondary N) is 1. The second kappa shape index (κ2) is 9.73. The van der Waals surface area contributed by atoms with Gasteiger partial charge in [0.05, 0.1) is 13.1 Å². The summed E-state index contributed by atoms with van der Waals surface area (Å²) in [5, 5.41) is 2.43. The van der Waals surface area contributed by atoms with Gasteiger partial charge in [0.1, 0.15) is 0 Å². The Balaban J connectivity index is 0. The minimum Gasteiger partial charge on any atom is -0.346 e. The summed E-state index contributed by atoms with van der Waals surface area (Å²) in [6.07, 6.45) is 2.03. The Morgan fingerprint density at radius 3 is 2.47 bits per heavy atom. The van der Waals surface area contributed by atoms with Crippen molar-refractivity contribution in [3.63, 3.8) is 0 Å². The molecule has 0 saturated carbocycles. The molecule has 0 unspecified atom stereocenters. The van der Waals surface area contributed by atoms with Crippen molar-refractivity contribution >= 4 is 24.2 Å². The number of carbonyl (C=O) groups is 2. The second-order valence-electron chi connectivity index (χ2n) is 3.15. The minimum atomic E-state index is -0.303. The average molecular weight is 238 g/mol. The van der Waals surface area contributed by atoms with Crippen molar-refractivity contribution in [2.75, 3.05) is 26.7 Å². The Kier molecular flexibility index (Phi) is 10.8. The highest BCUT2D eigenvalue weighted by molar-refractivity contribution is 5.85. The molecule has 0 spiro atoms. The van der Waals surface area contributed by atoms with Gasteiger partial charge in [0.25, 0.3) is 0 Å². The van der Waals surface area contributed by atoms with Crippen LogP contribution in [0.2, 0.25) is 0 Å². The summed E-state index contributed by atoms with van der Waals surface area (Å²) in [6.45, 7) is 2.75. The van der Waals surface area contributed by atoms with E-state index < -0.39 is 0 Å². The van der Waals surface area contributed by atoms with Gasteiger partial charge in [-0.25, -0.2) is 0 Å². The molecule has 0 bridgehead atoms. The van der Waals surface area contributed by atoms with Crippen LogP contribution in [0.25, 0.3) is 0 Å². The first-order valence-corrected chi connectivity index (χ1v) is 4.82. The summed E-state index contributed by atoms with van der Waals surface area (Å²) < 4.78 is 0.